The van der Waals surface area contributed by atoms with Crippen LogP contribution in [0.2, 0.25) is 0 Å². The van der Waals surface area contributed by atoms with Gasteiger partial charge in [-0.15, -0.1) is 11.3 Å². The Bertz CT molecular complexity index is 1120. The minimum absolute atomic E-state index is 0.206. The van der Waals surface area contributed by atoms with Gasteiger partial charge in [0.25, 0.3) is 5.91 Å². The van der Waals surface area contributed by atoms with Crippen molar-refractivity contribution in [3.05, 3.63) is 58.6 Å². The minimum atomic E-state index is -0.206. The van der Waals surface area contributed by atoms with Crippen molar-refractivity contribution in [2.75, 3.05) is 5.32 Å². The summed E-state index contributed by atoms with van der Waals surface area (Å²) in [6.45, 7) is 5.53. The number of thiazole rings is 1. The number of anilines is 1. The van der Waals surface area contributed by atoms with Crippen molar-refractivity contribution in [3.8, 4) is 22.2 Å². The number of aromatic amines is 1. The molecule has 4 rings (SSSR count). The fraction of sp³-hybridized carbons (Fsp3) is 0.158. The van der Waals surface area contributed by atoms with Crippen molar-refractivity contribution in [2.45, 2.75) is 20.8 Å². The molecule has 136 valence electrons. The van der Waals surface area contributed by atoms with Gasteiger partial charge in [-0.1, -0.05) is 12.1 Å². The van der Waals surface area contributed by atoms with Gasteiger partial charge >= 0.3 is 0 Å². The summed E-state index contributed by atoms with van der Waals surface area (Å²) in [7, 11) is 0. The number of carbonyl (C=O) groups is 1. The smallest absolute Gasteiger partial charge is 0.267 e. The van der Waals surface area contributed by atoms with E-state index in [-0.39, 0.29) is 5.91 Å². The van der Waals surface area contributed by atoms with Crippen LogP contribution >= 0.6 is 11.3 Å². The molecule has 7 nitrogen and oxygen atoms in total. The Morgan fingerprint density at radius 3 is 2.70 bits per heavy atom. The van der Waals surface area contributed by atoms with Crippen LogP contribution in [-0.2, 0) is 0 Å². The SMILES string of the molecule is Cc1nc(-c2cccc(NC(=O)c3sc(-c4ccc(C)o4)nc3C)c2)n[nH]1. The fourth-order valence-corrected chi connectivity index (χ4v) is 3.58. The first kappa shape index (κ1) is 17.2. The van der Waals surface area contributed by atoms with E-state index in [9.17, 15) is 4.79 Å². The summed E-state index contributed by atoms with van der Waals surface area (Å²) in [5.41, 5.74) is 2.16. The Labute approximate surface area is 159 Å². The highest BCUT2D eigenvalue weighted by Gasteiger charge is 2.18. The van der Waals surface area contributed by atoms with Crippen LogP contribution in [-0.4, -0.2) is 26.1 Å². The third-order valence-electron chi connectivity index (χ3n) is 3.93. The summed E-state index contributed by atoms with van der Waals surface area (Å²) in [6, 6.07) is 11.2. The van der Waals surface area contributed by atoms with Gasteiger partial charge < -0.3 is 9.73 Å². The molecule has 0 saturated heterocycles. The number of aromatic nitrogens is 4. The van der Waals surface area contributed by atoms with Crippen LogP contribution in [0.5, 0.6) is 0 Å². The van der Waals surface area contributed by atoms with E-state index in [0.717, 1.165) is 17.1 Å². The summed E-state index contributed by atoms with van der Waals surface area (Å²) >= 11 is 1.31. The van der Waals surface area contributed by atoms with Crippen molar-refractivity contribution in [3.63, 3.8) is 0 Å². The number of amides is 1. The van der Waals surface area contributed by atoms with Gasteiger partial charge in [-0.25, -0.2) is 9.97 Å². The molecule has 8 heteroatoms. The number of hydrogen-bond acceptors (Lipinski definition) is 6. The number of furan rings is 1. The van der Waals surface area contributed by atoms with E-state index in [1.807, 2.05) is 57.2 Å². The first-order valence-electron chi connectivity index (χ1n) is 8.34. The summed E-state index contributed by atoms with van der Waals surface area (Å²) in [5, 5.41) is 10.6. The number of H-pyrrole nitrogens is 1. The number of benzene rings is 1. The maximum absolute atomic E-state index is 12.7. The van der Waals surface area contributed by atoms with Crippen molar-refractivity contribution >= 4 is 22.9 Å². The normalized spacial score (nSPS) is 10.9. The molecule has 0 bridgehead atoms. The van der Waals surface area contributed by atoms with Crippen molar-refractivity contribution in [1.29, 1.82) is 0 Å². The van der Waals surface area contributed by atoms with Gasteiger partial charge in [0.05, 0.1) is 5.69 Å². The number of carbonyl (C=O) groups excluding carboxylic acids is 1. The molecule has 1 aromatic carbocycles. The van der Waals surface area contributed by atoms with E-state index in [1.54, 1.807) is 0 Å². The molecule has 0 fully saturated rings. The Morgan fingerprint density at radius 2 is 2.00 bits per heavy atom. The monoisotopic (exact) mass is 379 g/mol. The molecule has 3 heterocycles. The fourth-order valence-electron chi connectivity index (χ4n) is 2.66. The van der Waals surface area contributed by atoms with Crippen LogP contribution in [0.3, 0.4) is 0 Å². The number of nitrogens with one attached hydrogen (secondary N) is 2. The zero-order valence-corrected chi connectivity index (χ0v) is 15.8. The molecular formula is C19H17N5O2S. The maximum Gasteiger partial charge on any atom is 0.267 e. The maximum atomic E-state index is 12.7. The molecule has 27 heavy (non-hydrogen) atoms. The largest absolute Gasteiger partial charge is 0.459 e. The van der Waals surface area contributed by atoms with E-state index in [1.165, 1.54) is 11.3 Å². The molecule has 0 aliphatic heterocycles. The standard InChI is InChI=1S/C19H17N5O2S/c1-10-7-8-15(26-10)19-20-11(2)16(27-19)18(25)22-14-6-4-5-13(9-14)17-21-12(3)23-24-17/h4-9H,1-3H3,(H,22,25)(H,21,23,24). The first-order chi connectivity index (χ1) is 13.0. The molecule has 0 aliphatic carbocycles. The number of aryl methyl sites for hydroxylation is 3. The zero-order chi connectivity index (χ0) is 19.0. The van der Waals surface area contributed by atoms with Gasteiger partial charge in [0.2, 0.25) is 0 Å². The Morgan fingerprint density at radius 1 is 1.15 bits per heavy atom. The molecule has 0 aliphatic rings. The summed E-state index contributed by atoms with van der Waals surface area (Å²) < 4.78 is 5.60. The lowest BCUT2D eigenvalue weighted by atomic mass is 10.2. The van der Waals surface area contributed by atoms with Gasteiger partial charge in [-0.2, -0.15) is 5.10 Å². The lowest BCUT2D eigenvalue weighted by molar-refractivity contribution is 0.103. The van der Waals surface area contributed by atoms with Crippen molar-refractivity contribution < 1.29 is 9.21 Å². The van der Waals surface area contributed by atoms with E-state index >= 15 is 0 Å². The highest BCUT2D eigenvalue weighted by atomic mass is 32.1. The van der Waals surface area contributed by atoms with Crippen LogP contribution < -0.4 is 5.32 Å². The number of hydrogen-bond donors (Lipinski definition) is 2. The summed E-state index contributed by atoms with van der Waals surface area (Å²) in [5.74, 6) is 2.60. The van der Waals surface area contributed by atoms with Crippen LogP contribution in [0.4, 0.5) is 5.69 Å². The number of nitrogens with zero attached hydrogens (tertiary/aromatic N) is 3. The van der Waals surface area contributed by atoms with Gasteiger partial charge in [0.15, 0.2) is 16.6 Å². The summed E-state index contributed by atoms with van der Waals surface area (Å²) in [4.78, 5) is 22.1. The number of rotatable bonds is 4. The lowest BCUT2D eigenvalue weighted by Gasteiger charge is -2.05. The second-order valence-corrected chi connectivity index (χ2v) is 7.12. The first-order valence-corrected chi connectivity index (χ1v) is 9.16. The van der Waals surface area contributed by atoms with Gasteiger partial charge in [0.1, 0.15) is 16.5 Å². The quantitative estimate of drug-likeness (QED) is 0.549. The zero-order valence-electron chi connectivity index (χ0n) is 15.0. The summed E-state index contributed by atoms with van der Waals surface area (Å²) in [6.07, 6.45) is 0. The highest BCUT2D eigenvalue weighted by molar-refractivity contribution is 7.17. The molecule has 4 aromatic rings. The highest BCUT2D eigenvalue weighted by Crippen LogP contribution is 2.30. The molecule has 0 radical (unpaired) electrons. The molecule has 0 unspecified atom stereocenters. The lowest BCUT2D eigenvalue weighted by Crippen LogP contribution is -2.11. The second-order valence-electron chi connectivity index (χ2n) is 6.12. The molecule has 3 aromatic heterocycles. The topological polar surface area (TPSA) is 96.7 Å². The van der Waals surface area contributed by atoms with Crippen LogP contribution in [0, 0.1) is 20.8 Å². The molecular weight excluding hydrogens is 362 g/mol. The molecule has 0 spiro atoms. The Kier molecular flexibility index (Phi) is 4.33. The minimum Gasteiger partial charge on any atom is -0.459 e. The third-order valence-corrected chi connectivity index (χ3v) is 5.10. The van der Waals surface area contributed by atoms with Crippen LogP contribution in [0.15, 0.2) is 40.8 Å². The predicted molar refractivity (Wildman–Crippen MR) is 104 cm³/mol. The average Bonchev–Trinajstić information content (AvgIpc) is 3.35. The van der Waals surface area contributed by atoms with Crippen LogP contribution in [0.25, 0.3) is 22.2 Å². The Hall–Kier alpha value is -3.26. The Balaban J connectivity index is 1.57. The predicted octanol–water partition coefficient (Wildman–Crippen LogP) is 4.37. The van der Waals surface area contributed by atoms with Gasteiger partial charge in [-0.05, 0) is 45.0 Å². The van der Waals surface area contributed by atoms with Crippen molar-refractivity contribution in [1.82, 2.24) is 20.2 Å². The van der Waals surface area contributed by atoms with Crippen LogP contribution in [0.1, 0.15) is 27.0 Å². The van der Waals surface area contributed by atoms with E-state index in [4.69, 9.17) is 4.42 Å². The molecule has 1 amide bonds. The van der Waals surface area contributed by atoms with Gasteiger partial charge in [0, 0.05) is 11.3 Å². The van der Waals surface area contributed by atoms with E-state index < -0.39 is 0 Å². The van der Waals surface area contributed by atoms with E-state index in [0.29, 0.717) is 32.9 Å². The molecule has 0 atom stereocenters. The van der Waals surface area contributed by atoms with E-state index in [2.05, 4.69) is 25.5 Å². The van der Waals surface area contributed by atoms with Crippen molar-refractivity contribution in [2.24, 2.45) is 0 Å². The molecule has 2 N–H and O–H groups in total. The third kappa shape index (κ3) is 3.52. The average molecular weight is 379 g/mol. The molecule has 0 saturated carbocycles. The second kappa shape index (κ2) is 6.81. The van der Waals surface area contributed by atoms with Gasteiger partial charge in [-0.3, -0.25) is 9.89 Å².